The predicted octanol–water partition coefficient (Wildman–Crippen LogP) is 2.51. The van der Waals surface area contributed by atoms with Gasteiger partial charge in [-0.25, -0.2) is 0 Å². The third kappa shape index (κ3) is 2.22. The van der Waals surface area contributed by atoms with Gasteiger partial charge in [0.2, 0.25) is 0 Å². The molecule has 1 aliphatic rings. The lowest BCUT2D eigenvalue weighted by Crippen LogP contribution is -2.31. The molecule has 0 aliphatic carbocycles. The van der Waals surface area contributed by atoms with Crippen molar-refractivity contribution in [3.63, 3.8) is 0 Å². The van der Waals surface area contributed by atoms with Crippen LogP contribution in [-0.4, -0.2) is 20.2 Å². The summed E-state index contributed by atoms with van der Waals surface area (Å²) in [4.78, 5) is 0. The van der Waals surface area contributed by atoms with Crippen LogP contribution >= 0.6 is 0 Å². The van der Waals surface area contributed by atoms with E-state index in [1.807, 2.05) is 0 Å². The quantitative estimate of drug-likeness (QED) is 0.783. The topological polar surface area (TPSA) is 21.3 Å². The number of benzene rings is 1. The summed E-state index contributed by atoms with van der Waals surface area (Å²) >= 11 is 0. The van der Waals surface area contributed by atoms with Crippen LogP contribution in [0.25, 0.3) is 0 Å². The molecule has 88 valence electrons. The molecular weight excluding hydrogens is 198 g/mol. The average molecular weight is 219 g/mol. The second kappa shape index (κ2) is 4.46. The Bertz CT molecular complexity index is 371. The molecule has 0 bridgehead atoms. The van der Waals surface area contributed by atoms with E-state index < -0.39 is 0 Å². The van der Waals surface area contributed by atoms with Crippen molar-refractivity contribution in [2.45, 2.75) is 32.1 Å². The summed E-state index contributed by atoms with van der Waals surface area (Å²) in [6.45, 7) is 6.82. The number of nitrogens with one attached hydrogen (secondary N) is 1. The predicted molar refractivity (Wildman–Crippen MR) is 67.2 cm³/mol. The standard InChI is InChI=1S/C14H21NO/c1-14(2)7-9-15-8-6-11-4-5-12(16-3)10-13(11)14/h4-5,10,15H,6-9H2,1-3H3. The van der Waals surface area contributed by atoms with Gasteiger partial charge in [0.1, 0.15) is 5.75 Å². The van der Waals surface area contributed by atoms with E-state index in [1.165, 1.54) is 17.5 Å². The first-order chi connectivity index (χ1) is 7.63. The highest BCUT2D eigenvalue weighted by Gasteiger charge is 2.25. The van der Waals surface area contributed by atoms with Gasteiger partial charge in [-0.1, -0.05) is 19.9 Å². The molecule has 0 saturated heterocycles. The van der Waals surface area contributed by atoms with Gasteiger partial charge in [0, 0.05) is 0 Å². The van der Waals surface area contributed by atoms with Crippen LogP contribution in [-0.2, 0) is 11.8 Å². The van der Waals surface area contributed by atoms with Gasteiger partial charge in [0.15, 0.2) is 0 Å². The number of hydrogen-bond acceptors (Lipinski definition) is 2. The van der Waals surface area contributed by atoms with E-state index in [-0.39, 0.29) is 5.41 Å². The van der Waals surface area contributed by atoms with Crippen LogP contribution in [0.3, 0.4) is 0 Å². The first kappa shape index (κ1) is 11.5. The fourth-order valence-corrected chi connectivity index (χ4v) is 2.41. The van der Waals surface area contributed by atoms with Crippen LogP contribution in [0, 0.1) is 0 Å². The Labute approximate surface area is 98.0 Å². The number of rotatable bonds is 1. The zero-order chi connectivity index (χ0) is 11.6. The van der Waals surface area contributed by atoms with Crippen molar-refractivity contribution in [2.24, 2.45) is 0 Å². The molecule has 1 N–H and O–H groups in total. The van der Waals surface area contributed by atoms with Gasteiger partial charge in [-0.15, -0.1) is 0 Å². The van der Waals surface area contributed by atoms with Gasteiger partial charge in [-0.2, -0.15) is 0 Å². The summed E-state index contributed by atoms with van der Waals surface area (Å²) in [6.07, 6.45) is 2.29. The lowest BCUT2D eigenvalue weighted by Gasteiger charge is -2.30. The van der Waals surface area contributed by atoms with E-state index in [2.05, 4.69) is 37.4 Å². The second-order valence-corrected chi connectivity index (χ2v) is 5.16. The molecule has 0 spiro atoms. The summed E-state index contributed by atoms with van der Waals surface area (Å²) in [7, 11) is 1.74. The monoisotopic (exact) mass is 219 g/mol. The van der Waals surface area contributed by atoms with Crippen LogP contribution in [0.15, 0.2) is 18.2 Å². The fourth-order valence-electron chi connectivity index (χ4n) is 2.41. The molecule has 1 aliphatic heterocycles. The van der Waals surface area contributed by atoms with E-state index in [4.69, 9.17) is 4.74 Å². The molecule has 0 atom stereocenters. The molecule has 1 aromatic carbocycles. The average Bonchev–Trinajstić information content (AvgIpc) is 2.26. The highest BCUT2D eigenvalue weighted by atomic mass is 16.5. The molecule has 0 radical (unpaired) electrons. The van der Waals surface area contributed by atoms with Crippen molar-refractivity contribution in [3.05, 3.63) is 29.3 Å². The minimum atomic E-state index is 0.233. The normalized spacial score (nSPS) is 19.4. The third-order valence-electron chi connectivity index (χ3n) is 3.54. The minimum Gasteiger partial charge on any atom is -0.497 e. The number of hydrogen-bond donors (Lipinski definition) is 1. The van der Waals surface area contributed by atoms with E-state index in [0.717, 1.165) is 25.3 Å². The summed E-state index contributed by atoms with van der Waals surface area (Å²) in [6, 6.07) is 6.49. The molecule has 0 amide bonds. The highest BCUT2D eigenvalue weighted by Crippen LogP contribution is 2.33. The SMILES string of the molecule is COc1ccc2c(c1)C(C)(C)CCNCC2. The van der Waals surface area contributed by atoms with E-state index >= 15 is 0 Å². The molecule has 1 heterocycles. The Balaban J connectivity index is 2.44. The maximum Gasteiger partial charge on any atom is 0.119 e. The number of fused-ring (bicyclic) bond motifs is 1. The van der Waals surface area contributed by atoms with Crippen molar-refractivity contribution < 1.29 is 4.74 Å². The maximum absolute atomic E-state index is 5.33. The van der Waals surface area contributed by atoms with E-state index in [9.17, 15) is 0 Å². The molecule has 2 nitrogen and oxygen atoms in total. The Hall–Kier alpha value is -1.02. The molecule has 0 aromatic heterocycles. The lowest BCUT2D eigenvalue weighted by molar-refractivity contribution is 0.405. The van der Waals surface area contributed by atoms with Gasteiger partial charge in [-0.05, 0) is 54.6 Å². The van der Waals surface area contributed by atoms with Crippen LogP contribution in [0.1, 0.15) is 31.4 Å². The third-order valence-corrected chi connectivity index (χ3v) is 3.54. The van der Waals surface area contributed by atoms with Crippen LogP contribution in [0.4, 0.5) is 0 Å². The summed E-state index contributed by atoms with van der Waals surface area (Å²) < 4.78 is 5.33. The Morgan fingerprint density at radius 2 is 2.06 bits per heavy atom. The summed E-state index contributed by atoms with van der Waals surface area (Å²) in [5.41, 5.74) is 3.14. The van der Waals surface area contributed by atoms with Crippen LogP contribution in [0.5, 0.6) is 5.75 Å². The Morgan fingerprint density at radius 1 is 1.25 bits per heavy atom. The van der Waals surface area contributed by atoms with E-state index in [1.54, 1.807) is 7.11 Å². The van der Waals surface area contributed by atoms with Gasteiger partial charge in [0.25, 0.3) is 0 Å². The Kier molecular flexibility index (Phi) is 3.20. The minimum absolute atomic E-state index is 0.233. The fraction of sp³-hybridized carbons (Fsp3) is 0.571. The summed E-state index contributed by atoms with van der Waals surface area (Å²) in [5.74, 6) is 0.973. The van der Waals surface area contributed by atoms with Gasteiger partial charge in [-0.3, -0.25) is 0 Å². The van der Waals surface area contributed by atoms with Crippen LogP contribution < -0.4 is 10.1 Å². The maximum atomic E-state index is 5.33. The van der Waals surface area contributed by atoms with Crippen molar-refractivity contribution >= 4 is 0 Å². The number of methoxy groups -OCH3 is 1. The van der Waals surface area contributed by atoms with Crippen molar-refractivity contribution in [3.8, 4) is 5.75 Å². The molecule has 16 heavy (non-hydrogen) atoms. The van der Waals surface area contributed by atoms with E-state index in [0.29, 0.717) is 0 Å². The first-order valence-corrected chi connectivity index (χ1v) is 6.01. The zero-order valence-electron chi connectivity index (χ0n) is 10.5. The van der Waals surface area contributed by atoms with Gasteiger partial charge >= 0.3 is 0 Å². The summed E-state index contributed by atoms with van der Waals surface area (Å²) in [5, 5.41) is 3.48. The molecule has 2 rings (SSSR count). The molecule has 0 unspecified atom stereocenters. The lowest BCUT2D eigenvalue weighted by atomic mass is 9.77. The zero-order valence-corrected chi connectivity index (χ0v) is 10.5. The molecule has 2 heteroatoms. The van der Waals surface area contributed by atoms with Gasteiger partial charge < -0.3 is 10.1 Å². The first-order valence-electron chi connectivity index (χ1n) is 6.01. The molecular formula is C14H21NO. The molecule has 0 saturated carbocycles. The number of ether oxygens (including phenoxy) is 1. The van der Waals surface area contributed by atoms with Gasteiger partial charge in [0.05, 0.1) is 7.11 Å². The second-order valence-electron chi connectivity index (χ2n) is 5.16. The Morgan fingerprint density at radius 3 is 2.81 bits per heavy atom. The smallest absolute Gasteiger partial charge is 0.119 e. The van der Waals surface area contributed by atoms with Crippen LogP contribution in [0.2, 0.25) is 0 Å². The highest BCUT2D eigenvalue weighted by molar-refractivity contribution is 5.40. The van der Waals surface area contributed by atoms with Crippen molar-refractivity contribution in [1.29, 1.82) is 0 Å². The van der Waals surface area contributed by atoms with Crippen molar-refractivity contribution in [2.75, 3.05) is 20.2 Å². The molecule has 0 fully saturated rings. The van der Waals surface area contributed by atoms with Crippen molar-refractivity contribution in [1.82, 2.24) is 5.32 Å². The largest absolute Gasteiger partial charge is 0.497 e. The molecule has 1 aromatic rings.